The molecule has 0 radical (unpaired) electrons. The molecule has 5 nitrogen and oxygen atoms in total. The van der Waals surface area contributed by atoms with Gasteiger partial charge in [-0.2, -0.15) is 0 Å². The summed E-state index contributed by atoms with van der Waals surface area (Å²) < 4.78 is 5.16. The third-order valence-corrected chi connectivity index (χ3v) is 1.97. The van der Waals surface area contributed by atoms with Crippen LogP contribution >= 0.6 is 0 Å². The first kappa shape index (κ1) is 11.3. The van der Waals surface area contributed by atoms with Crippen molar-refractivity contribution in [2.24, 2.45) is 16.5 Å². The van der Waals surface area contributed by atoms with E-state index in [1.807, 2.05) is 6.07 Å². The second kappa shape index (κ2) is 5.21. The minimum atomic E-state index is -0.0149. The quantitative estimate of drug-likeness (QED) is 0.479. The number of hydrogen-bond acceptors (Lipinski definition) is 3. The molecule has 1 aromatic carbocycles. The van der Waals surface area contributed by atoms with Crippen LogP contribution in [-0.2, 0) is 13.2 Å². The van der Waals surface area contributed by atoms with Gasteiger partial charge >= 0.3 is 0 Å². The number of aliphatic hydroxyl groups is 1. The fraction of sp³-hybridized carbons (Fsp3) is 0.300. The second-order valence-corrected chi connectivity index (χ2v) is 3.05. The molecule has 0 saturated heterocycles. The highest BCUT2D eigenvalue weighted by atomic mass is 16.5. The molecule has 0 aliphatic heterocycles. The SMILES string of the molecule is COc1cc(CO)ccc1CN=C(N)N. The maximum atomic E-state index is 8.94. The summed E-state index contributed by atoms with van der Waals surface area (Å²) in [7, 11) is 1.56. The number of rotatable bonds is 4. The molecule has 15 heavy (non-hydrogen) atoms. The first-order valence-electron chi connectivity index (χ1n) is 4.49. The van der Waals surface area contributed by atoms with Crippen molar-refractivity contribution in [2.75, 3.05) is 7.11 Å². The minimum Gasteiger partial charge on any atom is -0.496 e. The molecule has 1 aromatic rings. The van der Waals surface area contributed by atoms with Crippen LogP contribution in [0.5, 0.6) is 5.75 Å². The van der Waals surface area contributed by atoms with Crippen molar-refractivity contribution >= 4 is 5.96 Å². The molecular weight excluding hydrogens is 194 g/mol. The van der Waals surface area contributed by atoms with Gasteiger partial charge in [-0.3, -0.25) is 0 Å². The van der Waals surface area contributed by atoms with Crippen molar-refractivity contribution in [3.8, 4) is 5.75 Å². The lowest BCUT2D eigenvalue weighted by Crippen LogP contribution is -2.22. The van der Waals surface area contributed by atoms with E-state index >= 15 is 0 Å². The zero-order valence-corrected chi connectivity index (χ0v) is 8.60. The average molecular weight is 209 g/mol. The van der Waals surface area contributed by atoms with E-state index in [2.05, 4.69) is 4.99 Å². The van der Waals surface area contributed by atoms with Crippen molar-refractivity contribution in [3.63, 3.8) is 0 Å². The van der Waals surface area contributed by atoms with Gasteiger partial charge < -0.3 is 21.3 Å². The summed E-state index contributed by atoms with van der Waals surface area (Å²) in [5.41, 5.74) is 12.1. The Morgan fingerprint density at radius 2 is 2.20 bits per heavy atom. The summed E-state index contributed by atoms with van der Waals surface area (Å²) in [5.74, 6) is 0.717. The molecular formula is C10H15N3O2. The Morgan fingerprint density at radius 3 is 2.73 bits per heavy atom. The Morgan fingerprint density at radius 1 is 1.47 bits per heavy atom. The van der Waals surface area contributed by atoms with Crippen molar-refractivity contribution in [2.45, 2.75) is 13.2 Å². The van der Waals surface area contributed by atoms with E-state index in [9.17, 15) is 0 Å². The van der Waals surface area contributed by atoms with Gasteiger partial charge in [0.25, 0.3) is 0 Å². The molecule has 0 bridgehead atoms. The van der Waals surface area contributed by atoms with Crippen molar-refractivity contribution in [3.05, 3.63) is 29.3 Å². The van der Waals surface area contributed by atoms with E-state index in [-0.39, 0.29) is 12.6 Å². The number of hydrogen-bond donors (Lipinski definition) is 3. The lowest BCUT2D eigenvalue weighted by atomic mass is 10.1. The topological polar surface area (TPSA) is 93.9 Å². The molecule has 0 amide bonds. The van der Waals surface area contributed by atoms with Crippen LogP contribution in [0.1, 0.15) is 11.1 Å². The lowest BCUT2D eigenvalue weighted by molar-refractivity contribution is 0.281. The summed E-state index contributed by atoms with van der Waals surface area (Å²) in [6.45, 7) is 0.357. The van der Waals surface area contributed by atoms with Crippen LogP contribution in [0.3, 0.4) is 0 Å². The highest BCUT2D eigenvalue weighted by Crippen LogP contribution is 2.20. The number of nitrogens with two attached hydrogens (primary N) is 2. The molecule has 5 heteroatoms. The molecule has 0 aliphatic carbocycles. The Kier molecular flexibility index (Phi) is 3.93. The molecule has 0 heterocycles. The van der Waals surface area contributed by atoms with Crippen LogP contribution in [0.15, 0.2) is 23.2 Å². The molecule has 5 N–H and O–H groups in total. The third kappa shape index (κ3) is 3.14. The minimum absolute atomic E-state index is 0.0149. The van der Waals surface area contributed by atoms with Crippen molar-refractivity contribution in [1.82, 2.24) is 0 Å². The Bertz CT molecular complexity index is 360. The fourth-order valence-electron chi connectivity index (χ4n) is 1.19. The zero-order valence-electron chi connectivity index (χ0n) is 8.60. The summed E-state index contributed by atoms with van der Waals surface area (Å²) in [5, 5.41) is 8.94. The number of aliphatic imine (C=N–C) groups is 1. The van der Waals surface area contributed by atoms with Crippen LogP contribution in [0.25, 0.3) is 0 Å². The number of guanidine groups is 1. The van der Waals surface area contributed by atoms with E-state index in [1.165, 1.54) is 0 Å². The Labute approximate surface area is 88.4 Å². The first-order chi connectivity index (χ1) is 7.17. The van der Waals surface area contributed by atoms with E-state index in [0.717, 1.165) is 11.1 Å². The fourth-order valence-corrected chi connectivity index (χ4v) is 1.19. The van der Waals surface area contributed by atoms with Crippen LogP contribution in [0.4, 0.5) is 0 Å². The number of nitrogens with zero attached hydrogens (tertiary/aromatic N) is 1. The molecule has 0 unspecified atom stereocenters. The normalized spacial score (nSPS) is 9.73. The lowest BCUT2D eigenvalue weighted by Gasteiger charge is -2.07. The molecule has 1 rings (SSSR count). The van der Waals surface area contributed by atoms with Crippen LogP contribution in [-0.4, -0.2) is 18.2 Å². The van der Waals surface area contributed by atoms with E-state index < -0.39 is 0 Å². The van der Waals surface area contributed by atoms with E-state index in [1.54, 1.807) is 19.2 Å². The number of ether oxygens (including phenoxy) is 1. The molecule has 0 fully saturated rings. The summed E-state index contributed by atoms with van der Waals surface area (Å²) >= 11 is 0. The number of methoxy groups -OCH3 is 1. The highest BCUT2D eigenvalue weighted by molar-refractivity contribution is 5.75. The van der Waals surface area contributed by atoms with Crippen molar-refractivity contribution < 1.29 is 9.84 Å². The largest absolute Gasteiger partial charge is 0.496 e. The van der Waals surface area contributed by atoms with Gasteiger partial charge in [-0.15, -0.1) is 0 Å². The van der Waals surface area contributed by atoms with Crippen molar-refractivity contribution in [1.29, 1.82) is 0 Å². The summed E-state index contributed by atoms with van der Waals surface area (Å²) in [4.78, 5) is 3.89. The van der Waals surface area contributed by atoms with Gasteiger partial charge in [0.2, 0.25) is 0 Å². The van der Waals surface area contributed by atoms with Crippen LogP contribution < -0.4 is 16.2 Å². The zero-order chi connectivity index (χ0) is 11.3. The van der Waals surface area contributed by atoms with Gasteiger partial charge in [0.1, 0.15) is 5.75 Å². The maximum absolute atomic E-state index is 8.94. The Balaban J connectivity index is 2.92. The molecule has 0 spiro atoms. The standard InChI is InChI=1S/C10H15N3O2/c1-15-9-4-7(6-14)2-3-8(9)5-13-10(11)12/h2-4,14H,5-6H2,1H3,(H4,11,12,13). The van der Waals surface area contributed by atoms with Gasteiger partial charge in [-0.1, -0.05) is 12.1 Å². The highest BCUT2D eigenvalue weighted by Gasteiger charge is 2.03. The van der Waals surface area contributed by atoms with Gasteiger partial charge in [0, 0.05) is 5.56 Å². The predicted molar refractivity (Wildman–Crippen MR) is 58.4 cm³/mol. The van der Waals surface area contributed by atoms with Gasteiger partial charge in [0.15, 0.2) is 5.96 Å². The molecule has 0 aliphatic rings. The van der Waals surface area contributed by atoms with Gasteiger partial charge in [0.05, 0.1) is 20.3 Å². The molecule has 0 atom stereocenters. The van der Waals surface area contributed by atoms with Gasteiger partial charge in [-0.05, 0) is 11.6 Å². The molecule has 82 valence electrons. The maximum Gasteiger partial charge on any atom is 0.186 e. The smallest absolute Gasteiger partial charge is 0.186 e. The van der Waals surface area contributed by atoms with Crippen LogP contribution in [0, 0.1) is 0 Å². The Hall–Kier alpha value is -1.75. The second-order valence-electron chi connectivity index (χ2n) is 3.05. The number of aliphatic hydroxyl groups excluding tert-OH is 1. The predicted octanol–water partition coefficient (Wildman–Crippen LogP) is -0.0391. The average Bonchev–Trinajstić information content (AvgIpc) is 2.25. The summed E-state index contributed by atoms with van der Waals surface area (Å²) in [6.07, 6.45) is 0. The summed E-state index contributed by atoms with van der Waals surface area (Å²) in [6, 6.07) is 5.40. The first-order valence-corrected chi connectivity index (χ1v) is 4.49. The molecule has 0 aromatic heterocycles. The monoisotopic (exact) mass is 209 g/mol. The van der Waals surface area contributed by atoms with E-state index in [4.69, 9.17) is 21.3 Å². The van der Waals surface area contributed by atoms with Crippen LogP contribution in [0.2, 0.25) is 0 Å². The third-order valence-electron chi connectivity index (χ3n) is 1.97. The molecule has 0 saturated carbocycles. The van der Waals surface area contributed by atoms with E-state index in [0.29, 0.717) is 12.3 Å². The number of benzene rings is 1. The van der Waals surface area contributed by atoms with Gasteiger partial charge in [-0.25, -0.2) is 4.99 Å².